The molecule has 46 heavy (non-hydrogen) atoms. The molecule has 2 aromatic rings. The smallest absolute Gasteiger partial charge is 0.263 e. The molecule has 0 saturated carbocycles. The minimum absolute atomic E-state index is 0.0342. The second kappa shape index (κ2) is 11.7. The van der Waals surface area contributed by atoms with Crippen LogP contribution in [0.4, 0.5) is 0 Å². The van der Waals surface area contributed by atoms with Crippen molar-refractivity contribution in [2.24, 2.45) is 10.8 Å². The number of likely N-dealkylation sites (tertiary alicyclic amines) is 2. The fourth-order valence-corrected chi connectivity index (χ4v) is 7.11. The summed E-state index contributed by atoms with van der Waals surface area (Å²) >= 11 is 0. The van der Waals surface area contributed by atoms with Crippen LogP contribution in [-0.4, -0.2) is 107 Å². The average Bonchev–Trinajstić information content (AvgIpc) is 3.03. The predicted molar refractivity (Wildman–Crippen MR) is 161 cm³/mol. The summed E-state index contributed by atoms with van der Waals surface area (Å²) < 4.78 is 45.1. The number of fused-ring (bicyclic) bond motifs is 4. The van der Waals surface area contributed by atoms with Gasteiger partial charge in [-0.15, -0.1) is 0 Å². The van der Waals surface area contributed by atoms with Gasteiger partial charge in [0.15, 0.2) is 28.8 Å². The maximum absolute atomic E-state index is 14.0. The molecule has 248 valence electrons. The van der Waals surface area contributed by atoms with Crippen LogP contribution in [0.25, 0.3) is 0 Å². The molecular formula is C33H40N2O11. The van der Waals surface area contributed by atoms with Crippen LogP contribution in [0, 0.1) is 24.7 Å². The molecule has 0 spiro atoms. The number of amides is 2. The first-order valence-electron chi connectivity index (χ1n) is 15.0. The lowest BCUT2D eigenvalue weighted by molar-refractivity contribution is -0.223. The Bertz CT molecular complexity index is 1450. The van der Waals surface area contributed by atoms with Crippen molar-refractivity contribution in [3.05, 3.63) is 46.5 Å². The van der Waals surface area contributed by atoms with Crippen LogP contribution in [-0.2, 0) is 23.7 Å². The number of hydrogen-bond acceptors (Lipinski definition) is 11. The number of aryl methyl sites for hydroxylation is 2. The summed E-state index contributed by atoms with van der Waals surface area (Å²) in [6, 6.07) is 6.74. The Morgan fingerprint density at radius 3 is 1.28 bits per heavy atom. The van der Waals surface area contributed by atoms with Crippen molar-refractivity contribution in [1.29, 1.82) is 0 Å². The van der Waals surface area contributed by atoms with Gasteiger partial charge < -0.3 is 47.7 Å². The molecule has 13 heteroatoms. The number of rotatable bonds is 6. The Morgan fingerprint density at radius 2 is 0.957 bits per heavy atom. The lowest BCUT2D eigenvalue weighted by Crippen LogP contribution is -2.69. The first-order chi connectivity index (χ1) is 21.8. The van der Waals surface area contributed by atoms with E-state index in [4.69, 9.17) is 37.9 Å². The first-order valence-corrected chi connectivity index (χ1v) is 15.0. The zero-order valence-electron chi connectivity index (χ0n) is 27.3. The number of piperidine rings is 2. The molecule has 4 aliphatic rings. The van der Waals surface area contributed by atoms with Crippen molar-refractivity contribution in [2.45, 2.75) is 52.9 Å². The quantitative estimate of drug-likeness (QED) is 0.462. The van der Waals surface area contributed by atoms with Gasteiger partial charge >= 0.3 is 0 Å². The molecule has 2 fully saturated rings. The molecule has 6 rings (SSSR count). The summed E-state index contributed by atoms with van der Waals surface area (Å²) in [6.07, 6.45) is -3.13. The van der Waals surface area contributed by atoms with Crippen LogP contribution in [0.3, 0.4) is 0 Å². The topological polar surface area (TPSA) is 132 Å². The molecule has 4 atom stereocenters. The van der Waals surface area contributed by atoms with Crippen LogP contribution < -0.4 is 18.9 Å². The summed E-state index contributed by atoms with van der Waals surface area (Å²) in [7, 11) is 5.95. The van der Waals surface area contributed by atoms with Crippen LogP contribution in [0.1, 0.15) is 45.7 Å². The van der Waals surface area contributed by atoms with E-state index < -0.39 is 36.0 Å². The summed E-state index contributed by atoms with van der Waals surface area (Å²) in [5.41, 5.74) is 0.225. The summed E-state index contributed by atoms with van der Waals surface area (Å²) in [6.45, 7) is 7.89. The monoisotopic (exact) mass is 640 g/mol. The number of ether oxygens (including phenoxy) is 8. The SMILES string of the molecule is COC1Oc2cc(C(=O)N3CC4(C)CN(C(=O)c5cc(C)c6c(c5)OC(OC)C(OC)O6)CC(C)(C3)C4=O)cc(C)c2OC1OC. The number of benzene rings is 2. The zero-order chi connectivity index (χ0) is 33.1. The number of carbonyl (C=O) groups excluding carboxylic acids is 3. The number of methoxy groups -OCH3 is 4. The van der Waals surface area contributed by atoms with E-state index in [0.29, 0.717) is 45.3 Å². The Kier molecular flexibility index (Phi) is 8.16. The zero-order valence-corrected chi connectivity index (χ0v) is 27.3. The van der Waals surface area contributed by atoms with Crippen LogP contribution >= 0.6 is 0 Å². The molecule has 4 unspecified atom stereocenters. The highest BCUT2D eigenvalue weighted by Crippen LogP contribution is 2.45. The number of hydrogen-bond donors (Lipinski definition) is 0. The molecule has 0 N–H and O–H groups in total. The van der Waals surface area contributed by atoms with Gasteiger partial charge in [-0.05, 0) is 63.1 Å². The van der Waals surface area contributed by atoms with Crippen LogP contribution in [0.15, 0.2) is 24.3 Å². The molecule has 0 aliphatic carbocycles. The molecule has 2 saturated heterocycles. The van der Waals surface area contributed by atoms with E-state index in [0.717, 1.165) is 0 Å². The Balaban J connectivity index is 1.23. The molecule has 4 heterocycles. The van der Waals surface area contributed by atoms with Gasteiger partial charge in [-0.25, -0.2) is 0 Å². The minimum Gasteiger partial charge on any atom is -0.454 e. The Labute approximate surface area is 267 Å². The molecule has 2 aromatic carbocycles. The molecular weight excluding hydrogens is 600 g/mol. The largest absolute Gasteiger partial charge is 0.454 e. The van der Waals surface area contributed by atoms with Crippen molar-refractivity contribution in [3.63, 3.8) is 0 Å². The molecule has 13 nitrogen and oxygen atoms in total. The van der Waals surface area contributed by atoms with E-state index in [1.807, 2.05) is 27.7 Å². The van der Waals surface area contributed by atoms with E-state index in [2.05, 4.69) is 0 Å². The third-order valence-electron chi connectivity index (χ3n) is 9.13. The molecule has 4 aliphatic heterocycles. The van der Waals surface area contributed by atoms with E-state index in [-0.39, 0.29) is 43.8 Å². The van der Waals surface area contributed by atoms with E-state index in [1.165, 1.54) is 28.4 Å². The standard InChI is InChI=1S/C33H40N2O11/c1-17-9-19(11-21-23(17)45-29(41-7)27(39-5)43-21)25(36)34-13-32(3)15-35(16-33(4,14-34)31(32)38)26(37)20-10-18(2)24-22(12-20)44-28(40-6)30(42-8)46-24/h9-12,27-30H,13-16H2,1-8H3. The van der Waals surface area contributed by atoms with E-state index in [1.54, 1.807) is 34.1 Å². The number of nitrogens with zero attached hydrogens (tertiary/aromatic N) is 2. The highest BCUT2D eigenvalue weighted by molar-refractivity contribution is 6.01. The van der Waals surface area contributed by atoms with Gasteiger partial charge in [-0.3, -0.25) is 14.4 Å². The fourth-order valence-electron chi connectivity index (χ4n) is 7.11. The summed E-state index contributed by atoms with van der Waals surface area (Å²) in [5, 5.41) is 0. The van der Waals surface area contributed by atoms with Gasteiger partial charge in [0.25, 0.3) is 37.0 Å². The maximum Gasteiger partial charge on any atom is 0.263 e. The van der Waals surface area contributed by atoms with Crippen LogP contribution in [0.5, 0.6) is 23.0 Å². The third-order valence-corrected chi connectivity index (χ3v) is 9.13. The van der Waals surface area contributed by atoms with Gasteiger partial charge in [0, 0.05) is 65.7 Å². The van der Waals surface area contributed by atoms with Gasteiger partial charge in [0.05, 0.1) is 10.8 Å². The van der Waals surface area contributed by atoms with Crippen molar-refractivity contribution in [2.75, 3.05) is 54.6 Å². The number of Topliss-reactive ketones (excluding diaryl/α,β-unsaturated/α-hetero) is 1. The molecule has 2 bridgehead atoms. The van der Waals surface area contributed by atoms with Gasteiger partial charge in [0.1, 0.15) is 0 Å². The van der Waals surface area contributed by atoms with Crippen molar-refractivity contribution < 1.29 is 52.3 Å². The highest BCUT2D eigenvalue weighted by atomic mass is 16.8. The maximum atomic E-state index is 14.0. The molecule has 0 aromatic heterocycles. The van der Waals surface area contributed by atoms with Gasteiger partial charge in [-0.1, -0.05) is 0 Å². The number of ketones is 1. The second-order valence-corrected chi connectivity index (χ2v) is 12.9. The Hall–Kier alpha value is -3.91. The van der Waals surface area contributed by atoms with Crippen LogP contribution in [0.2, 0.25) is 0 Å². The highest BCUT2D eigenvalue weighted by Gasteiger charge is 2.57. The Morgan fingerprint density at radius 1 is 0.630 bits per heavy atom. The van der Waals surface area contributed by atoms with E-state index >= 15 is 0 Å². The first kappa shape index (κ1) is 32.0. The van der Waals surface area contributed by atoms with Gasteiger partial charge in [0.2, 0.25) is 0 Å². The third kappa shape index (κ3) is 5.24. The fraction of sp³-hybridized carbons (Fsp3) is 0.545. The van der Waals surface area contributed by atoms with E-state index in [9.17, 15) is 14.4 Å². The van der Waals surface area contributed by atoms with Gasteiger partial charge in [-0.2, -0.15) is 0 Å². The van der Waals surface area contributed by atoms with Crippen molar-refractivity contribution in [1.82, 2.24) is 9.80 Å². The average molecular weight is 641 g/mol. The predicted octanol–water partition coefficient (Wildman–Crippen LogP) is 2.93. The second-order valence-electron chi connectivity index (χ2n) is 12.9. The normalized spacial score (nSPS) is 29.9. The van der Waals surface area contributed by atoms with Crippen molar-refractivity contribution in [3.8, 4) is 23.0 Å². The lowest BCUT2D eigenvalue weighted by Gasteiger charge is -2.55. The summed E-state index contributed by atoms with van der Waals surface area (Å²) in [5.74, 6) is 1.23. The lowest BCUT2D eigenvalue weighted by atomic mass is 9.64. The number of carbonyl (C=O) groups is 3. The minimum atomic E-state index is -0.984. The molecule has 2 amide bonds. The van der Waals surface area contributed by atoms with Crippen molar-refractivity contribution >= 4 is 17.6 Å². The molecule has 0 radical (unpaired) electrons. The summed E-state index contributed by atoms with van der Waals surface area (Å²) in [4.78, 5) is 45.2.